The Morgan fingerprint density at radius 2 is 1.86 bits per heavy atom. The Kier molecular flexibility index (Phi) is 6.19. The van der Waals surface area contributed by atoms with Crippen molar-refractivity contribution >= 4 is 16.9 Å². The van der Waals surface area contributed by atoms with Crippen molar-refractivity contribution in [2.75, 3.05) is 20.8 Å². The predicted molar refractivity (Wildman–Crippen MR) is 110 cm³/mol. The van der Waals surface area contributed by atoms with Gasteiger partial charge in [0.25, 0.3) is 0 Å². The van der Waals surface area contributed by atoms with Crippen LogP contribution in [0.1, 0.15) is 25.2 Å². The van der Waals surface area contributed by atoms with Crippen LogP contribution < -0.4 is 14.8 Å². The highest BCUT2D eigenvalue weighted by Gasteiger charge is 2.15. The van der Waals surface area contributed by atoms with Crippen LogP contribution in [0.2, 0.25) is 0 Å². The average Bonchev–Trinajstić information content (AvgIpc) is 3.03. The van der Waals surface area contributed by atoms with Gasteiger partial charge in [-0.15, -0.1) is 0 Å². The summed E-state index contributed by atoms with van der Waals surface area (Å²) in [7, 11) is 3.24. The Morgan fingerprint density at radius 1 is 1.11 bits per heavy atom. The lowest BCUT2D eigenvalue weighted by Gasteiger charge is -2.12. The van der Waals surface area contributed by atoms with Gasteiger partial charge in [-0.25, -0.2) is 4.98 Å². The first kappa shape index (κ1) is 19.7. The van der Waals surface area contributed by atoms with Crippen LogP contribution in [0.15, 0.2) is 42.5 Å². The molecule has 0 aliphatic carbocycles. The van der Waals surface area contributed by atoms with E-state index in [9.17, 15) is 4.79 Å². The van der Waals surface area contributed by atoms with Crippen molar-refractivity contribution in [1.29, 1.82) is 0 Å². The van der Waals surface area contributed by atoms with Crippen LogP contribution in [-0.4, -0.2) is 36.2 Å². The van der Waals surface area contributed by atoms with E-state index in [2.05, 4.69) is 19.2 Å². The van der Waals surface area contributed by atoms with Gasteiger partial charge in [0.2, 0.25) is 5.91 Å². The van der Waals surface area contributed by atoms with Gasteiger partial charge in [-0.1, -0.05) is 32.0 Å². The number of aromatic nitrogens is 2. The molecule has 2 aromatic carbocycles. The molecule has 0 spiro atoms. The van der Waals surface area contributed by atoms with Crippen molar-refractivity contribution in [3.63, 3.8) is 0 Å². The molecule has 0 radical (unpaired) electrons. The van der Waals surface area contributed by atoms with Gasteiger partial charge in [0, 0.05) is 13.0 Å². The van der Waals surface area contributed by atoms with E-state index in [1.807, 2.05) is 47.0 Å². The number of carbonyl (C=O) groups excluding carboxylic acids is 1. The molecule has 0 aliphatic heterocycles. The Bertz CT molecular complexity index is 963. The summed E-state index contributed by atoms with van der Waals surface area (Å²) in [5.41, 5.74) is 2.88. The van der Waals surface area contributed by atoms with Gasteiger partial charge in [0.1, 0.15) is 12.4 Å². The zero-order valence-electron chi connectivity index (χ0n) is 16.9. The molecule has 1 amide bonds. The van der Waals surface area contributed by atoms with Crippen LogP contribution in [0, 0.1) is 5.92 Å². The third-order valence-corrected chi connectivity index (χ3v) is 4.55. The quantitative estimate of drug-likeness (QED) is 0.649. The summed E-state index contributed by atoms with van der Waals surface area (Å²) in [6, 6.07) is 13.7. The molecule has 6 heteroatoms. The number of para-hydroxylation sites is 2. The van der Waals surface area contributed by atoms with E-state index in [-0.39, 0.29) is 12.5 Å². The number of carbonyl (C=O) groups is 1. The van der Waals surface area contributed by atoms with Crippen molar-refractivity contribution in [3.05, 3.63) is 53.9 Å². The molecule has 0 aliphatic rings. The molecule has 0 saturated carbocycles. The zero-order chi connectivity index (χ0) is 20.1. The Balaban J connectivity index is 1.91. The predicted octanol–water partition coefficient (Wildman–Crippen LogP) is 3.42. The van der Waals surface area contributed by atoms with Crippen molar-refractivity contribution in [3.8, 4) is 11.5 Å². The second kappa shape index (κ2) is 8.78. The molecule has 1 heterocycles. The van der Waals surface area contributed by atoms with E-state index in [4.69, 9.17) is 14.5 Å². The van der Waals surface area contributed by atoms with E-state index >= 15 is 0 Å². The molecule has 0 fully saturated rings. The Labute approximate surface area is 165 Å². The lowest BCUT2D eigenvalue weighted by atomic mass is 10.1. The Morgan fingerprint density at radius 3 is 2.57 bits per heavy atom. The molecule has 6 nitrogen and oxygen atoms in total. The van der Waals surface area contributed by atoms with Crippen molar-refractivity contribution in [1.82, 2.24) is 14.9 Å². The molecule has 0 saturated heterocycles. The monoisotopic (exact) mass is 381 g/mol. The number of nitrogens with zero attached hydrogens (tertiary/aromatic N) is 2. The minimum Gasteiger partial charge on any atom is -0.493 e. The molecular formula is C22H27N3O3. The zero-order valence-corrected chi connectivity index (χ0v) is 16.9. The van der Waals surface area contributed by atoms with Gasteiger partial charge in [-0.2, -0.15) is 0 Å². The van der Waals surface area contributed by atoms with Gasteiger partial charge >= 0.3 is 0 Å². The van der Waals surface area contributed by atoms with Crippen LogP contribution in [0.3, 0.4) is 0 Å². The maximum atomic E-state index is 12.5. The number of hydrogen-bond donors (Lipinski definition) is 1. The maximum Gasteiger partial charge on any atom is 0.240 e. The fourth-order valence-corrected chi connectivity index (χ4v) is 3.13. The summed E-state index contributed by atoms with van der Waals surface area (Å²) < 4.78 is 12.7. The van der Waals surface area contributed by atoms with Gasteiger partial charge in [-0.05, 0) is 35.7 Å². The molecule has 1 N–H and O–H groups in total. The highest BCUT2D eigenvalue weighted by molar-refractivity contribution is 5.81. The van der Waals surface area contributed by atoms with Crippen molar-refractivity contribution < 1.29 is 14.3 Å². The number of nitrogens with one attached hydrogen (secondary N) is 1. The third kappa shape index (κ3) is 4.44. The van der Waals surface area contributed by atoms with Crippen LogP contribution in [-0.2, 0) is 17.8 Å². The standard InChI is InChI=1S/C22H27N3O3/c1-15(2)13-23-22(26)14-25-18-8-6-5-7-17(18)24-21(25)12-16-9-10-19(27-3)20(11-16)28-4/h5-11,15H,12-14H2,1-4H3,(H,23,26). The summed E-state index contributed by atoms with van der Waals surface area (Å²) in [5, 5.41) is 2.99. The second-order valence-corrected chi connectivity index (χ2v) is 7.17. The summed E-state index contributed by atoms with van der Waals surface area (Å²) in [4.78, 5) is 17.2. The number of hydrogen-bond acceptors (Lipinski definition) is 4. The van der Waals surface area contributed by atoms with Crippen molar-refractivity contribution in [2.24, 2.45) is 5.92 Å². The van der Waals surface area contributed by atoms with Crippen LogP contribution in [0.25, 0.3) is 11.0 Å². The summed E-state index contributed by atoms with van der Waals surface area (Å²) in [6.07, 6.45) is 0.590. The number of benzene rings is 2. The number of methoxy groups -OCH3 is 2. The van der Waals surface area contributed by atoms with Gasteiger partial charge in [-0.3, -0.25) is 4.79 Å². The van der Waals surface area contributed by atoms with Gasteiger partial charge in [0.05, 0.1) is 25.3 Å². The van der Waals surface area contributed by atoms with Crippen LogP contribution in [0.4, 0.5) is 0 Å². The average molecular weight is 381 g/mol. The number of ether oxygens (including phenoxy) is 2. The SMILES string of the molecule is COc1ccc(Cc2nc3ccccc3n2CC(=O)NCC(C)C)cc1OC. The first-order valence-corrected chi connectivity index (χ1v) is 9.43. The molecule has 148 valence electrons. The van der Waals surface area contributed by atoms with E-state index < -0.39 is 0 Å². The number of fused-ring (bicyclic) bond motifs is 1. The maximum absolute atomic E-state index is 12.5. The first-order chi connectivity index (χ1) is 13.5. The molecule has 3 rings (SSSR count). The first-order valence-electron chi connectivity index (χ1n) is 9.43. The smallest absolute Gasteiger partial charge is 0.240 e. The van der Waals surface area contributed by atoms with Crippen molar-refractivity contribution in [2.45, 2.75) is 26.8 Å². The number of rotatable bonds is 8. The highest BCUT2D eigenvalue weighted by Crippen LogP contribution is 2.29. The Hall–Kier alpha value is -3.02. The normalized spacial score (nSPS) is 11.0. The van der Waals surface area contributed by atoms with E-state index in [1.54, 1.807) is 14.2 Å². The molecule has 0 atom stereocenters. The lowest BCUT2D eigenvalue weighted by Crippen LogP contribution is -2.31. The van der Waals surface area contributed by atoms with E-state index in [0.29, 0.717) is 30.4 Å². The second-order valence-electron chi connectivity index (χ2n) is 7.17. The third-order valence-electron chi connectivity index (χ3n) is 4.55. The molecule has 0 bridgehead atoms. The fraction of sp³-hybridized carbons (Fsp3) is 0.364. The molecule has 3 aromatic rings. The van der Waals surface area contributed by atoms with Gasteiger partial charge in [0.15, 0.2) is 11.5 Å². The highest BCUT2D eigenvalue weighted by atomic mass is 16.5. The summed E-state index contributed by atoms with van der Waals surface area (Å²) in [5.74, 6) is 2.61. The molecular weight excluding hydrogens is 354 g/mol. The molecule has 1 aromatic heterocycles. The van der Waals surface area contributed by atoms with Crippen LogP contribution >= 0.6 is 0 Å². The topological polar surface area (TPSA) is 65.4 Å². The van der Waals surface area contributed by atoms with E-state index in [1.165, 1.54) is 0 Å². The summed E-state index contributed by atoms with van der Waals surface area (Å²) >= 11 is 0. The van der Waals surface area contributed by atoms with E-state index in [0.717, 1.165) is 22.4 Å². The minimum atomic E-state index is -0.00888. The minimum absolute atomic E-state index is 0.00888. The number of imidazole rings is 1. The van der Waals surface area contributed by atoms with Crippen LogP contribution in [0.5, 0.6) is 11.5 Å². The lowest BCUT2D eigenvalue weighted by molar-refractivity contribution is -0.121. The fourth-order valence-electron chi connectivity index (χ4n) is 3.13. The largest absolute Gasteiger partial charge is 0.493 e. The molecule has 28 heavy (non-hydrogen) atoms. The molecule has 0 unspecified atom stereocenters. The van der Waals surface area contributed by atoms with Gasteiger partial charge < -0.3 is 19.4 Å². The summed E-state index contributed by atoms with van der Waals surface area (Å²) in [6.45, 7) is 5.07. The number of amides is 1.